The van der Waals surface area contributed by atoms with E-state index in [9.17, 15) is 8.78 Å². The van der Waals surface area contributed by atoms with E-state index in [2.05, 4.69) is 5.32 Å². The summed E-state index contributed by atoms with van der Waals surface area (Å²) in [5, 5.41) is 3.07. The van der Waals surface area contributed by atoms with Gasteiger partial charge in [-0.05, 0) is 37.4 Å². The van der Waals surface area contributed by atoms with Gasteiger partial charge in [0.2, 0.25) is 0 Å². The fraction of sp³-hybridized carbons (Fsp3) is 0.538. The number of nitrogens with one attached hydrogen (secondary N) is 1. The van der Waals surface area contributed by atoms with E-state index in [1.165, 1.54) is 18.2 Å². The number of benzene rings is 1. The predicted octanol–water partition coefficient (Wildman–Crippen LogP) is 3.14. The van der Waals surface area contributed by atoms with Gasteiger partial charge < -0.3 is 5.32 Å². The Balaban J connectivity index is 2.94. The average molecular weight is 227 g/mol. The smallest absolute Gasteiger partial charge is 0.129 e. The third-order valence-corrected chi connectivity index (χ3v) is 3.12. The highest BCUT2D eigenvalue weighted by atomic mass is 19.1. The van der Waals surface area contributed by atoms with Crippen molar-refractivity contribution < 1.29 is 8.78 Å². The predicted molar refractivity (Wildman–Crippen MR) is 62.4 cm³/mol. The summed E-state index contributed by atoms with van der Waals surface area (Å²) in [4.78, 5) is 0. The number of halogens is 2. The standard InChI is InChI=1S/C13H19F2N/c1-4-13(2,9-16-3)8-10-11(14)6-5-7-12(10)15/h5-7,16H,4,8-9H2,1-3H3. The second-order valence-electron chi connectivity index (χ2n) is 4.57. The zero-order chi connectivity index (χ0) is 12.2. The van der Waals surface area contributed by atoms with Crippen LogP contribution in [0.5, 0.6) is 0 Å². The zero-order valence-electron chi connectivity index (χ0n) is 10.1. The first kappa shape index (κ1) is 13.1. The average Bonchev–Trinajstić information content (AvgIpc) is 2.24. The van der Waals surface area contributed by atoms with Crippen molar-refractivity contribution in [3.05, 3.63) is 35.4 Å². The first-order valence-corrected chi connectivity index (χ1v) is 5.60. The largest absolute Gasteiger partial charge is 0.319 e. The van der Waals surface area contributed by atoms with Gasteiger partial charge in [-0.15, -0.1) is 0 Å². The maximum absolute atomic E-state index is 13.5. The third-order valence-electron chi connectivity index (χ3n) is 3.12. The quantitative estimate of drug-likeness (QED) is 0.814. The molecule has 1 rings (SSSR count). The van der Waals surface area contributed by atoms with Gasteiger partial charge in [0.25, 0.3) is 0 Å². The van der Waals surface area contributed by atoms with Gasteiger partial charge >= 0.3 is 0 Å². The molecule has 3 heteroatoms. The summed E-state index contributed by atoms with van der Waals surface area (Å²) in [7, 11) is 1.85. The molecule has 0 spiro atoms. The molecule has 0 fully saturated rings. The van der Waals surface area contributed by atoms with Gasteiger partial charge in [0.1, 0.15) is 11.6 Å². The molecule has 0 aliphatic heterocycles. The lowest BCUT2D eigenvalue weighted by atomic mass is 9.81. The Labute approximate surface area is 95.9 Å². The molecular formula is C13H19F2N. The first-order chi connectivity index (χ1) is 7.52. The van der Waals surface area contributed by atoms with E-state index < -0.39 is 11.6 Å². The minimum atomic E-state index is -0.448. The van der Waals surface area contributed by atoms with E-state index in [0.717, 1.165) is 13.0 Å². The molecule has 0 aromatic heterocycles. The van der Waals surface area contributed by atoms with Gasteiger partial charge in [-0.2, -0.15) is 0 Å². The summed E-state index contributed by atoms with van der Waals surface area (Å²) in [6, 6.07) is 4.03. The van der Waals surface area contributed by atoms with Gasteiger partial charge in [-0.25, -0.2) is 8.78 Å². The Bertz CT molecular complexity index is 332. The first-order valence-electron chi connectivity index (χ1n) is 5.60. The zero-order valence-corrected chi connectivity index (χ0v) is 10.1. The highest BCUT2D eigenvalue weighted by molar-refractivity contribution is 5.21. The van der Waals surface area contributed by atoms with Crippen LogP contribution >= 0.6 is 0 Å². The maximum atomic E-state index is 13.5. The van der Waals surface area contributed by atoms with Crippen LogP contribution in [0.25, 0.3) is 0 Å². The lowest BCUT2D eigenvalue weighted by Crippen LogP contribution is -2.31. The minimum Gasteiger partial charge on any atom is -0.319 e. The van der Waals surface area contributed by atoms with Crippen LogP contribution in [0.15, 0.2) is 18.2 Å². The van der Waals surface area contributed by atoms with E-state index in [1.54, 1.807) is 0 Å². The molecule has 0 saturated carbocycles. The van der Waals surface area contributed by atoms with Crippen LogP contribution in [-0.2, 0) is 6.42 Å². The van der Waals surface area contributed by atoms with Crippen molar-refractivity contribution in [2.75, 3.05) is 13.6 Å². The molecule has 1 N–H and O–H groups in total. The summed E-state index contributed by atoms with van der Waals surface area (Å²) in [5.74, 6) is -0.897. The van der Waals surface area contributed by atoms with E-state index >= 15 is 0 Å². The molecular weight excluding hydrogens is 208 g/mol. The van der Waals surface area contributed by atoms with Crippen molar-refractivity contribution in [3.63, 3.8) is 0 Å². The van der Waals surface area contributed by atoms with Gasteiger partial charge in [-0.3, -0.25) is 0 Å². The molecule has 0 aliphatic rings. The van der Waals surface area contributed by atoms with Crippen LogP contribution in [0.1, 0.15) is 25.8 Å². The Morgan fingerprint density at radius 3 is 2.25 bits per heavy atom. The van der Waals surface area contributed by atoms with E-state index in [1.807, 2.05) is 20.9 Å². The summed E-state index contributed by atoms with van der Waals surface area (Å²) in [5.41, 5.74) is 0.0831. The second-order valence-corrected chi connectivity index (χ2v) is 4.57. The van der Waals surface area contributed by atoms with Crippen LogP contribution in [0, 0.1) is 17.0 Å². The Kier molecular flexibility index (Phi) is 4.42. The van der Waals surface area contributed by atoms with Crippen molar-refractivity contribution in [2.24, 2.45) is 5.41 Å². The molecule has 1 unspecified atom stereocenters. The molecule has 1 atom stereocenters. The van der Waals surface area contributed by atoms with E-state index in [-0.39, 0.29) is 11.0 Å². The maximum Gasteiger partial charge on any atom is 0.129 e. The molecule has 1 aromatic rings. The van der Waals surface area contributed by atoms with Gasteiger partial charge in [-0.1, -0.05) is 19.9 Å². The van der Waals surface area contributed by atoms with Crippen molar-refractivity contribution in [3.8, 4) is 0 Å². The fourth-order valence-corrected chi connectivity index (χ4v) is 1.87. The molecule has 0 saturated heterocycles. The van der Waals surface area contributed by atoms with Crippen molar-refractivity contribution in [1.29, 1.82) is 0 Å². The molecule has 1 nitrogen and oxygen atoms in total. The number of rotatable bonds is 5. The third kappa shape index (κ3) is 3.01. The Morgan fingerprint density at radius 2 is 1.81 bits per heavy atom. The molecule has 1 aromatic carbocycles. The molecule has 0 radical (unpaired) electrons. The highest BCUT2D eigenvalue weighted by Gasteiger charge is 2.24. The van der Waals surface area contributed by atoms with Crippen LogP contribution in [-0.4, -0.2) is 13.6 Å². The van der Waals surface area contributed by atoms with Gasteiger partial charge in [0.05, 0.1) is 0 Å². The Morgan fingerprint density at radius 1 is 1.25 bits per heavy atom. The van der Waals surface area contributed by atoms with Crippen LogP contribution in [0.3, 0.4) is 0 Å². The molecule has 0 aliphatic carbocycles. The fourth-order valence-electron chi connectivity index (χ4n) is 1.87. The summed E-state index contributed by atoms with van der Waals surface area (Å²) in [6.45, 7) is 4.82. The Hall–Kier alpha value is -0.960. The van der Waals surface area contributed by atoms with Crippen molar-refractivity contribution in [2.45, 2.75) is 26.7 Å². The topological polar surface area (TPSA) is 12.0 Å². The van der Waals surface area contributed by atoms with Crippen molar-refractivity contribution >= 4 is 0 Å². The van der Waals surface area contributed by atoms with Crippen LogP contribution in [0.2, 0.25) is 0 Å². The molecule has 0 heterocycles. The summed E-state index contributed by atoms with van der Waals surface area (Å²) < 4.78 is 27.0. The van der Waals surface area contributed by atoms with Crippen molar-refractivity contribution in [1.82, 2.24) is 5.32 Å². The molecule has 0 bridgehead atoms. The molecule has 90 valence electrons. The van der Waals surface area contributed by atoms with Crippen LogP contribution in [0.4, 0.5) is 8.78 Å². The number of hydrogen-bond donors (Lipinski definition) is 1. The highest BCUT2D eigenvalue weighted by Crippen LogP contribution is 2.28. The number of hydrogen-bond acceptors (Lipinski definition) is 1. The summed E-state index contributed by atoms with van der Waals surface area (Å²) in [6.07, 6.45) is 1.30. The van der Waals surface area contributed by atoms with E-state index in [0.29, 0.717) is 6.42 Å². The van der Waals surface area contributed by atoms with Gasteiger partial charge in [0, 0.05) is 12.1 Å². The SMILES string of the molecule is CCC(C)(CNC)Cc1c(F)cccc1F. The molecule has 16 heavy (non-hydrogen) atoms. The van der Waals surface area contributed by atoms with Crippen LogP contribution < -0.4 is 5.32 Å². The lowest BCUT2D eigenvalue weighted by Gasteiger charge is -2.28. The normalized spacial score (nSPS) is 14.8. The molecule has 0 amide bonds. The summed E-state index contributed by atoms with van der Waals surface area (Å²) >= 11 is 0. The van der Waals surface area contributed by atoms with E-state index in [4.69, 9.17) is 0 Å². The van der Waals surface area contributed by atoms with Gasteiger partial charge in [0.15, 0.2) is 0 Å². The monoisotopic (exact) mass is 227 g/mol. The lowest BCUT2D eigenvalue weighted by molar-refractivity contribution is 0.290. The second kappa shape index (κ2) is 5.39. The minimum absolute atomic E-state index is 0.113.